The van der Waals surface area contributed by atoms with Gasteiger partial charge in [0.05, 0.1) is 12.3 Å². The second kappa shape index (κ2) is 5.89. The van der Waals surface area contributed by atoms with Crippen molar-refractivity contribution in [1.29, 1.82) is 0 Å². The van der Waals surface area contributed by atoms with E-state index in [9.17, 15) is 0 Å². The zero-order chi connectivity index (χ0) is 14.9. The molecule has 1 aromatic heterocycles. The molecule has 0 radical (unpaired) electrons. The van der Waals surface area contributed by atoms with Crippen molar-refractivity contribution in [2.75, 3.05) is 37.7 Å². The van der Waals surface area contributed by atoms with E-state index in [1.54, 1.807) is 0 Å². The number of rotatable bonds is 4. The molecule has 3 heterocycles. The fraction of sp³-hybridized carbons (Fsp3) is 0.750. The Bertz CT molecular complexity index is 456. The van der Waals surface area contributed by atoms with Crippen molar-refractivity contribution in [3.05, 3.63) is 17.8 Å². The van der Waals surface area contributed by atoms with Crippen LogP contribution in [-0.2, 0) is 10.2 Å². The zero-order valence-electron chi connectivity index (χ0n) is 13.3. The van der Waals surface area contributed by atoms with Gasteiger partial charge in [0.25, 0.3) is 0 Å². The first kappa shape index (κ1) is 14.7. The van der Waals surface area contributed by atoms with Crippen molar-refractivity contribution in [1.82, 2.24) is 15.5 Å². The molecule has 5 heteroatoms. The summed E-state index contributed by atoms with van der Waals surface area (Å²) in [7, 11) is 0. The van der Waals surface area contributed by atoms with E-state index in [2.05, 4.69) is 53.3 Å². The minimum absolute atomic E-state index is 0.0658. The summed E-state index contributed by atoms with van der Waals surface area (Å²) >= 11 is 0. The Morgan fingerprint density at radius 3 is 2.67 bits per heavy atom. The topological polar surface area (TPSA) is 50.3 Å². The molecule has 0 aromatic carbocycles. The lowest BCUT2D eigenvalue weighted by Crippen LogP contribution is -2.52. The highest BCUT2D eigenvalue weighted by Crippen LogP contribution is 2.24. The molecule has 0 bridgehead atoms. The van der Waals surface area contributed by atoms with Gasteiger partial charge in [-0.25, -0.2) is 0 Å². The molecule has 1 atom stereocenters. The maximum absolute atomic E-state index is 5.38. The summed E-state index contributed by atoms with van der Waals surface area (Å²) < 4.78 is 5.38. The number of hydrogen-bond donors (Lipinski definition) is 1. The molecule has 0 amide bonds. The summed E-state index contributed by atoms with van der Waals surface area (Å²) in [6.45, 7) is 11.5. The summed E-state index contributed by atoms with van der Waals surface area (Å²) in [5.41, 5.74) is 1.11. The minimum atomic E-state index is 0.0658. The van der Waals surface area contributed by atoms with Crippen LogP contribution in [0.15, 0.2) is 12.1 Å². The second-order valence-corrected chi connectivity index (χ2v) is 7.27. The molecule has 2 aliphatic rings. The van der Waals surface area contributed by atoms with E-state index >= 15 is 0 Å². The van der Waals surface area contributed by atoms with Crippen LogP contribution in [0, 0.1) is 5.92 Å². The van der Waals surface area contributed by atoms with Crippen LogP contribution < -0.4 is 10.2 Å². The highest BCUT2D eigenvalue weighted by molar-refractivity contribution is 5.41. The fourth-order valence-corrected chi connectivity index (χ4v) is 2.81. The Morgan fingerprint density at radius 1 is 1.29 bits per heavy atom. The van der Waals surface area contributed by atoms with Gasteiger partial charge in [0, 0.05) is 43.6 Å². The second-order valence-electron chi connectivity index (χ2n) is 7.27. The van der Waals surface area contributed by atoms with Gasteiger partial charge in [-0.05, 0) is 18.6 Å². The fourth-order valence-electron chi connectivity index (χ4n) is 2.81. The third-order valence-corrected chi connectivity index (χ3v) is 4.32. The van der Waals surface area contributed by atoms with Crippen LogP contribution in [0.2, 0.25) is 0 Å². The van der Waals surface area contributed by atoms with E-state index in [0.29, 0.717) is 6.04 Å². The lowest BCUT2D eigenvalue weighted by molar-refractivity contribution is 0.188. The van der Waals surface area contributed by atoms with Crippen LogP contribution in [0.1, 0.15) is 32.9 Å². The predicted molar refractivity (Wildman–Crippen MR) is 83.7 cm³/mol. The number of hydrogen-bond acceptors (Lipinski definition) is 5. The van der Waals surface area contributed by atoms with Gasteiger partial charge in [-0.15, -0.1) is 5.10 Å². The standard InChI is InChI=1S/C16H26N4O/c1-16(2,3)14-4-5-15(19-18-14)20-9-12(10-20)8-17-13-6-7-21-11-13/h4-5,12-13,17H,6-11H2,1-3H3. The molecule has 0 saturated carbocycles. The summed E-state index contributed by atoms with van der Waals surface area (Å²) in [5, 5.41) is 12.3. The number of ether oxygens (including phenoxy) is 1. The first-order valence-electron chi connectivity index (χ1n) is 7.92. The van der Waals surface area contributed by atoms with Gasteiger partial charge in [0.15, 0.2) is 5.82 Å². The van der Waals surface area contributed by atoms with Crippen molar-refractivity contribution >= 4 is 5.82 Å². The van der Waals surface area contributed by atoms with Crippen LogP contribution in [0.3, 0.4) is 0 Å². The van der Waals surface area contributed by atoms with Crippen LogP contribution in [0.25, 0.3) is 0 Å². The molecule has 116 valence electrons. The van der Waals surface area contributed by atoms with Gasteiger partial charge in [0.2, 0.25) is 0 Å². The van der Waals surface area contributed by atoms with E-state index in [0.717, 1.165) is 56.7 Å². The van der Waals surface area contributed by atoms with E-state index in [1.807, 2.05) is 0 Å². The quantitative estimate of drug-likeness (QED) is 0.912. The van der Waals surface area contributed by atoms with Gasteiger partial charge in [-0.3, -0.25) is 0 Å². The molecule has 3 rings (SSSR count). The molecule has 2 aliphatic heterocycles. The SMILES string of the molecule is CC(C)(C)c1ccc(N2CC(CNC3CCOC3)C2)nn1. The molecule has 2 fully saturated rings. The Kier molecular flexibility index (Phi) is 4.13. The molecule has 5 nitrogen and oxygen atoms in total. The molecule has 2 saturated heterocycles. The van der Waals surface area contributed by atoms with Crippen molar-refractivity contribution < 1.29 is 4.74 Å². The Balaban J connectivity index is 1.45. The molecule has 1 N–H and O–H groups in total. The van der Waals surface area contributed by atoms with E-state index in [-0.39, 0.29) is 5.41 Å². The third-order valence-electron chi connectivity index (χ3n) is 4.32. The van der Waals surface area contributed by atoms with Crippen LogP contribution >= 0.6 is 0 Å². The van der Waals surface area contributed by atoms with Gasteiger partial charge in [0.1, 0.15) is 0 Å². The zero-order valence-corrected chi connectivity index (χ0v) is 13.3. The summed E-state index contributed by atoms with van der Waals surface area (Å²) in [5.74, 6) is 1.72. The van der Waals surface area contributed by atoms with Crippen molar-refractivity contribution in [3.8, 4) is 0 Å². The van der Waals surface area contributed by atoms with E-state index in [4.69, 9.17) is 4.74 Å². The average Bonchev–Trinajstić information content (AvgIpc) is 2.89. The first-order valence-corrected chi connectivity index (χ1v) is 7.92. The number of nitrogens with zero attached hydrogens (tertiary/aromatic N) is 3. The van der Waals surface area contributed by atoms with E-state index in [1.165, 1.54) is 0 Å². The van der Waals surface area contributed by atoms with Gasteiger partial charge < -0.3 is 15.0 Å². The van der Waals surface area contributed by atoms with Crippen LogP contribution in [-0.4, -0.2) is 49.1 Å². The highest BCUT2D eigenvalue weighted by atomic mass is 16.5. The monoisotopic (exact) mass is 290 g/mol. The highest BCUT2D eigenvalue weighted by Gasteiger charge is 2.29. The molecule has 0 aliphatic carbocycles. The minimum Gasteiger partial charge on any atom is -0.380 e. The van der Waals surface area contributed by atoms with Crippen molar-refractivity contribution in [3.63, 3.8) is 0 Å². The third kappa shape index (κ3) is 3.52. The number of anilines is 1. The Labute approximate surface area is 127 Å². The first-order chi connectivity index (χ1) is 10.0. The predicted octanol–water partition coefficient (Wildman–Crippen LogP) is 1.59. The average molecular weight is 290 g/mol. The van der Waals surface area contributed by atoms with Gasteiger partial charge >= 0.3 is 0 Å². The lowest BCUT2D eigenvalue weighted by Gasteiger charge is -2.40. The molecular weight excluding hydrogens is 264 g/mol. The lowest BCUT2D eigenvalue weighted by atomic mass is 9.92. The van der Waals surface area contributed by atoms with E-state index < -0.39 is 0 Å². The molecule has 21 heavy (non-hydrogen) atoms. The van der Waals surface area contributed by atoms with Crippen molar-refractivity contribution in [2.45, 2.75) is 38.6 Å². The molecular formula is C16H26N4O. The summed E-state index contributed by atoms with van der Waals surface area (Å²) in [6.07, 6.45) is 1.15. The smallest absolute Gasteiger partial charge is 0.151 e. The molecule has 0 spiro atoms. The molecule has 1 aromatic rings. The van der Waals surface area contributed by atoms with Crippen LogP contribution in [0.4, 0.5) is 5.82 Å². The van der Waals surface area contributed by atoms with Crippen LogP contribution in [0.5, 0.6) is 0 Å². The Hall–Kier alpha value is -1.20. The van der Waals surface area contributed by atoms with Gasteiger partial charge in [-0.2, -0.15) is 5.10 Å². The normalized spacial score (nSPS) is 23.4. The Morgan fingerprint density at radius 2 is 2.10 bits per heavy atom. The van der Waals surface area contributed by atoms with Gasteiger partial charge in [-0.1, -0.05) is 20.8 Å². The number of nitrogens with one attached hydrogen (secondary N) is 1. The van der Waals surface area contributed by atoms with Crippen molar-refractivity contribution in [2.24, 2.45) is 5.92 Å². The molecule has 1 unspecified atom stereocenters. The summed E-state index contributed by atoms with van der Waals surface area (Å²) in [6, 6.07) is 4.76. The number of aromatic nitrogens is 2. The summed E-state index contributed by atoms with van der Waals surface area (Å²) in [4.78, 5) is 2.30. The maximum Gasteiger partial charge on any atom is 0.151 e. The largest absolute Gasteiger partial charge is 0.380 e. The maximum atomic E-state index is 5.38.